The summed E-state index contributed by atoms with van der Waals surface area (Å²) in [6.07, 6.45) is 3.05. The first-order chi connectivity index (χ1) is 4.33. The summed E-state index contributed by atoms with van der Waals surface area (Å²) in [5.41, 5.74) is 0. The van der Waals surface area contributed by atoms with E-state index in [1.54, 1.807) is 0 Å². The fourth-order valence-corrected chi connectivity index (χ4v) is 1.11. The van der Waals surface area contributed by atoms with E-state index in [-0.39, 0.29) is 11.8 Å². The lowest BCUT2D eigenvalue weighted by molar-refractivity contribution is -0.120. The maximum atomic E-state index is 10.7. The number of carbonyl (C=O) groups excluding carboxylic acids is 1. The van der Waals surface area contributed by atoms with Crippen LogP contribution in [0.1, 0.15) is 25.7 Å². The maximum absolute atomic E-state index is 10.7. The second-order valence-electron chi connectivity index (χ2n) is 2.42. The third-order valence-electron chi connectivity index (χ3n) is 1.64. The Morgan fingerprint density at radius 1 is 1.67 bits per heavy atom. The Kier molecular flexibility index (Phi) is 1.84. The molecule has 48 valence electrons. The van der Waals surface area contributed by atoms with Gasteiger partial charge in [-0.2, -0.15) is 0 Å². The van der Waals surface area contributed by atoms with Gasteiger partial charge < -0.3 is 4.85 Å². The zero-order chi connectivity index (χ0) is 6.69. The van der Waals surface area contributed by atoms with Crippen LogP contribution in [0.4, 0.5) is 0 Å². The van der Waals surface area contributed by atoms with E-state index in [9.17, 15) is 4.79 Å². The second kappa shape index (κ2) is 2.63. The number of Topliss-reactive ketones (excluding diaryl/α,β-unsaturated/α-hetero) is 1. The topological polar surface area (TPSA) is 21.4 Å². The summed E-state index contributed by atoms with van der Waals surface area (Å²) in [7, 11) is 0. The van der Waals surface area contributed by atoms with Crippen LogP contribution in [0.25, 0.3) is 4.85 Å². The summed E-state index contributed by atoms with van der Waals surface area (Å²) in [6.45, 7) is 6.66. The minimum atomic E-state index is 0.00579. The number of ketones is 1. The van der Waals surface area contributed by atoms with E-state index in [1.807, 2.05) is 0 Å². The van der Waals surface area contributed by atoms with E-state index in [0.29, 0.717) is 12.8 Å². The first-order valence-electron chi connectivity index (χ1n) is 3.21. The van der Waals surface area contributed by atoms with Crippen LogP contribution in [0.3, 0.4) is 0 Å². The molecule has 0 amide bonds. The molecule has 0 N–H and O–H groups in total. The molecule has 0 aliphatic heterocycles. The van der Waals surface area contributed by atoms with E-state index in [4.69, 9.17) is 6.57 Å². The van der Waals surface area contributed by atoms with E-state index in [1.165, 1.54) is 0 Å². The fraction of sp³-hybridized carbons (Fsp3) is 0.714. The minimum absolute atomic E-state index is 0.00579. The lowest BCUT2D eigenvalue weighted by Gasteiger charge is -2.09. The van der Waals surface area contributed by atoms with Crippen molar-refractivity contribution in [1.82, 2.24) is 0 Å². The lowest BCUT2D eigenvalue weighted by atomic mass is 9.95. The standard InChI is InChI=1S/C7H9NO/c1-8-6-3-2-4-7(9)5-6/h6H,2-5H2. The molecule has 1 unspecified atom stereocenters. The Balaban J connectivity index is 2.43. The average molecular weight is 123 g/mol. The van der Waals surface area contributed by atoms with Crippen molar-refractivity contribution in [3.05, 3.63) is 11.4 Å². The quantitative estimate of drug-likeness (QED) is 0.446. The van der Waals surface area contributed by atoms with Gasteiger partial charge in [0.1, 0.15) is 5.78 Å². The molecule has 2 nitrogen and oxygen atoms in total. The smallest absolute Gasteiger partial charge is 0.230 e. The molecule has 0 aromatic carbocycles. The lowest BCUT2D eigenvalue weighted by Crippen LogP contribution is -2.15. The zero-order valence-corrected chi connectivity index (χ0v) is 5.26. The first-order valence-corrected chi connectivity index (χ1v) is 3.21. The molecular weight excluding hydrogens is 114 g/mol. The molecule has 0 aromatic heterocycles. The monoisotopic (exact) mass is 123 g/mol. The van der Waals surface area contributed by atoms with Gasteiger partial charge in [-0.05, 0) is 6.42 Å². The molecule has 9 heavy (non-hydrogen) atoms. The Hall–Kier alpha value is -0.840. The van der Waals surface area contributed by atoms with Crippen molar-refractivity contribution in [2.45, 2.75) is 31.7 Å². The number of hydrogen-bond donors (Lipinski definition) is 0. The van der Waals surface area contributed by atoms with E-state index in [0.717, 1.165) is 12.8 Å². The van der Waals surface area contributed by atoms with Gasteiger partial charge in [-0.25, -0.2) is 6.57 Å². The van der Waals surface area contributed by atoms with Crippen molar-refractivity contribution in [3.63, 3.8) is 0 Å². The van der Waals surface area contributed by atoms with Crippen LogP contribution in [-0.2, 0) is 4.79 Å². The molecule has 2 heteroatoms. The summed E-state index contributed by atoms with van der Waals surface area (Å²) in [6, 6.07) is 0.00579. The van der Waals surface area contributed by atoms with Crippen LogP contribution in [0.5, 0.6) is 0 Å². The maximum Gasteiger partial charge on any atom is 0.230 e. The molecule has 0 bridgehead atoms. The number of nitrogens with zero attached hydrogens (tertiary/aromatic N) is 1. The summed E-state index contributed by atoms with van der Waals surface area (Å²) in [4.78, 5) is 14.0. The SMILES string of the molecule is [C-]#[N+]C1CCCC(=O)C1. The van der Waals surface area contributed by atoms with E-state index >= 15 is 0 Å². The van der Waals surface area contributed by atoms with Gasteiger partial charge >= 0.3 is 0 Å². The summed E-state index contributed by atoms with van der Waals surface area (Å²) in [5, 5.41) is 0. The summed E-state index contributed by atoms with van der Waals surface area (Å²) in [5.74, 6) is 0.266. The highest BCUT2D eigenvalue weighted by molar-refractivity contribution is 5.79. The Labute approximate surface area is 54.7 Å². The van der Waals surface area contributed by atoms with Crippen molar-refractivity contribution in [2.24, 2.45) is 0 Å². The molecular formula is C7H9NO. The second-order valence-corrected chi connectivity index (χ2v) is 2.42. The van der Waals surface area contributed by atoms with Gasteiger partial charge in [0.05, 0.1) is 6.42 Å². The van der Waals surface area contributed by atoms with Crippen molar-refractivity contribution < 1.29 is 4.79 Å². The van der Waals surface area contributed by atoms with Gasteiger partial charge in [0.15, 0.2) is 0 Å². The largest absolute Gasteiger partial charge is 0.313 e. The third-order valence-corrected chi connectivity index (χ3v) is 1.64. The third kappa shape index (κ3) is 1.53. The van der Waals surface area contributed by atoms with Crippen LogP contribution in [0.15, 0.2) is 0 Å². The van der Waals surface area contributed by atoms with E-state index in [2.05, 4.69) is 4.85 Å². The first kappa shape index (κ1) is 6.28. The molecule has 0 spiro atoms. The molecule has 1 aliphatic carbocycles. The summed E-state index contributed by atoms with van der Waals surface area (Å²) >= 11 is 0. The van der Waals surface area contributed by atoms with Gasteiger partial charge in [0, 0.05) is 12.8 Å². The Morgan fingerprint density at radius 3 is 2.89 bits per heavy atom. The fourth-order valence-electron chi connectivity index (χ4n) is 1.11. The van der Waals surface area contributed by atoms with Gasteiger partial charge in [-0.15, -0.1) is 0 Å². The molecule has 1 atom stereocenters. The van der Waals surface area contributed by atoms with Crippen LogP contribution in [0, 0.1) is 6.57 Å². The van der Waals surface area contributed by atoms with Crippen LogP contribution in [-0.4, -0.2) is 11.8 Å². The van der Waals surface area contributed by atoms with E-state index < -0.39 is 0 Å². The van der Waals surface area contributed by atoms with Gasteiger partial charge in [-0.1, -0.05) is 0 Å². The molecule has 1 rings (SSSR count). The predicted molar refractivity (Wildman–Crippen MR) is 33.9 cm³/mol. The van der Waals surface area contributed by atoms with Crippen molar-refractivity contribution in [3.8, 4) is 0 Å². The molecule has 0 saturated heterocycles. The van der Waals surface area contributed by atoms with Crippen molar-refractivity contribution in [2.75, 3.05) is 0 Å². The summed E-state index contributed by atoms with van der Waals surface area (Å²) < 4.78 is 0. The van der Waals surface area contributed by atoms with Crippen LogP contribution >= 0.6 is 0 Å². The molecule has 1 fully saturated rings. The molecule has 0 radical (unpaired) electrons. The van der Waals surface area contributed by atoms with Gasteiger partial charge in [0.2, 0.25) is 6.04 Å². The molecule has 0 heterocycles. The molecule has 1 aliphatic rings. The highest BCUT2D eigenvalue weighted by Gasteiger charge is 2.22. The van der Waals surface area contributed by atoms with Crippen LogP contribution in [0.2, 0.25) is 0 Å². The number of carbonyl (C=O) groups is 1. The van der Waals surface area contributed by atoms with Gasteiger partial charge in [0.25, 0.3) is 0 Å². The Bertz CT molecular complexity index is 157. The average Bonchev–Trinajstić information content (AvgIpc) is 1.88. The Morgan fingerprint density at radius 2 is 2.44 bits per heavy atom. The van der Waals surface area contributed by atoms with Crippen molar-refractivity contribution in [1.29, 1.82) is 0 Å². The number of rotatable bonds is 0. The van der Waals surface area contributed by atoms with Crippen molar-refractivity contribution >= 4 is 5.78 Å². The zero-order valence-electron chi connectivity index (χ0n) is 5.26. The molecule has 0 aromatic rings. The highest BCUT2D eigenvalue weighted by atomic mass is 16.1. The normalized spacial score (nSPS) is 27.4. The number of hydrogen-bond acceptors (Lipinski definition) is 1. The van der Waals surface area contributed by atoms with Gasteiger partial charge in [-0.3, -0.25) is 4.79 Å². The molecule has 1 saturated carbocycles. The highest BCUT2D eigenvalue weighted by Crippen LogP contribution is 2.16. The predicted octanol–water partition coefficient (Wildman–Crippen LogP) is 1.42. The van der Waals surface area contributed by atoms with Crippen LogP contribution < -0.4 is 0 Å². The minimum Gasteiger partial charge on any atom is -0.313 e.